The van der Waals surface area contributed by atoms with Crippen LogP contribution in [0.4, 0.5) is 10.1 Å². The van der Waals surface area contributed by atoms with Crippen LogP contribution < -0.4 is 16.2 Å². The van der Waals surface area contributed by atoms with Gasteiger partial charge in [0.05, 0.1) is 16.3 Å². The van der Waals surface area contributed by atoms with Crippen molar-refractivity contribution >= 4 is 66.9 Å². The molecule has 0 spiro atoms. The van der Waals surface area contributed by atoms with Gasteiger partial charge >= 0.3 is 0 Å². The van der Waals surface area contributed by atoms with Crippen LogP contribution in [0.25, 0.3) is 5.82 Å². The lowest BCUT2D eigenvalue weighted by Gasteiger charge is -2.14. The maximum absolute atomic E-state index is 13.9. The standard InChI is InChI=1S/C18H12Br2ClFN6O3/c1-8(29)25-26-17(30)10-5-9(22)6-11(19)15(10)24-18(31)13-7-14(20)27-28(13)16-12(21)3-2-4-23-16/h2-7H,1H3,(H,24,31)(H,25,29)(H,26,30). The van der Waals surface area contributed by atoms with E-state index in [4.69, 9.17) is 11.6 Å². The van der Waals surface area contributed by atoms with Crippen molar-refractivity contribution in [2.45, 2.75) is 6.92 Å². The van der Waals surface area contributed by atoms with E-state index in [9.17, 15) is 18.8 Å². The van der Waals surface area contributed by atoms with Gasteiger partial charge in [-0.2, -0.15) is 5.10 Å². The highest BCUT2D eigenvalue weighted by atomic mass is 79.9. The number of nitrogens with zero attached hydrogens (tertiary/aromatic N) is 3. The van der Waals surface area contributed by atoms with Crippen molar-refractivity contribution in [2.24, 2.45) is 0 Å². The minimum Gasteiger partial charge on any atom is -0.319 e. The molecule has 3 rings (SSSR count). The Morgan fingerprint density at radius 1 is 1.13 bits per heavy atom. The molecule has 0 aliphatic rings. The Morgan fingerprint density at radius 3 is 2.55 bits per heavy atom. The molecular weight excluding hydrogens is 562 g/mol. The Balaban J connectivity index is 1.99. The largest absolute Gasteiger partial charge is 0.319 e. The van der Waals surface area contributed by atoms with E-state index in [2.05, 4.69) is 58.1 Å². The van der Waals surface area contributed by atoms with Crippen LogP contribution in [-0.4, -0.2) is 32.5 Å². The van der Waals surface area contributed by atoms with Gasteiger partial charge in [0.15, 0.2) is 5.82 Å². The molecule has 0 aliphatic heterocycles. The molecule has 3 N–H and O–H groups in total. The maximum Gasteiger partial charge on any atom is 0.274 e. The summed E-state index contributed by atoms with van der Waals surface area (Å²) in [7, 11) is 0. The van der Waals surface area contributed by atoms with Crippen molar-refractivity contribution in [3.05, 3.63) is 67.7 Å². The molecule has 0 aliphatic carbocycles. The second kappa shape index (κ2) is 9.54. The summed E-state index contributed by atoms with van der Waals surface area (Å²) in [5, 5.41) is 6.98. The molecule has 3 amide bonds. The molecule has 0 radical (unpaired) electrons. The third-order valence-corrected chi connectivity index (χ3v) is 5.05. The summed E-state index contributed by atoms with van der Waals surface area (Å²) in [5.41, 5.74) is 4.02. The zero-order chi connectivity index (χ0) is 22.7. The number of carbonyl (C=O) groups is 3. The summed E-state index contributed by atoms with van der Waals surface area (Å²) in [5.74, 6) is -2.57. The Bertz CT molecular complexity index is 1200. The predicted octanol–water partition coefficient (Wildman–Crippen LogP) is 3.62. The number of hydrogen-bond acceptors (Lipinski definition) is 5. The van der Waals surface area contributed by atoms with Crippen LogP contribution in [0.3, 0.4) is 0 Å². The van der Waals surface area contributed by atoms with Gasteiger partial charge in [-0.05, 0) is 56.1 Å². The van der Waals surface area contributed by atoms with Gasteiger partial charge in [-0.1, -0.05) is 11.6 Å². The number of carbonyl (C=O) groups excluding carboxylic acids is 3. The molecule has 9 nitrogen and oxygen atoms in total. The molecule has 13 heteroatoms. The van der Waals surface area contributed by atoms with Crippen LogP contribution in [0, 0.1) is 5.82 Å². The van der Waals surface area contributed by atoms with Crippen molar-refractivity contribution < 1.29 is 18.8 Å². The monoisotopic (exact) mass is 572 g/mol. The quantitative estimate of drug-likeness (QED) is 0.412. The second-order valence-corrected chi connectivity index (χ2v) is 8.05. The van der Waals surface area contributed by atoms with Crippen molar-refractivity contribution in [3.63, 3.8) is 0 Å². The predicted molar refractivity (Wildman–Crippen MR) is 117 cm³/mol. The number of rotatable bonds is 4. The molecule has 3 aromatic rings. The van der Waals surface area contributed by atoms with Crippen LogP contribution in [0.15, 0.2) is 45.6 Å². The average Bonchev–Trinajstić information content (AvgIpc) is 3.09. The first-order valence-corrected chi connectivity index (χ1v) is 10.4. The van der Waals surface area contributed by atoms with Crippen LogP contribution in [0.5, 0.6) is 0 Å². The number of anilines is 1. The van der Waals surface area contributed by atoms with Crippen LogP contribution >= 0.6 is 43.5 Å². The topological polar surface area (TPSA) is 118 Å². The SMILES string of the molecule is CC(=O)NNC(=O)c1cc(F)cc(Br)c1NC(=O)c1cc(Br)nn1-c1ncccc1Cl. The fourth-order valence-electron chi connectivity index (χ4n) is 2.48. The van der Waals surface area contributed by atoms with Crippen molar-refractivity contribution in [2.75, 3.05) is 5.32 Å². The smallest absolute Gasteiger partial charge is 0.274 e. The number of halogens is 4. The molecule has 0 bridgehead atoms. The lowest BCUT2D eigenvalue weighted by atomic mass is 10.1. The number of pyridine rings is 1. The van der Waals surface area contributed by atoms with Crippen molar-refractivity contribution in [1.29, 1.82) is 0 Å². The first-order chi connectivity index (χ1) is 14.7. The molecule has 0 fully saturated rings. The van der Waals surface area contributed by atoms with Crippen molar-refractivity contribution in [1.82, 2.24) is 25.6 Å². The molecule has 0 unspecified atom stereocenters. The van der Waals surface area contributed by atoms with E-state index in [1.807, 2.05) is 0 Å². The highest BCUT2D eigenvalue weighted by Gasteiger charge is 2.23. The Hall–Kier alpha value is -2.83. The molecule has 0 atom stereocenters. The minimum atomic E-state index is -0.840. The second-order valence-electron chi connectivity index (χ2n) is 5.97. The van der Waals surface area contributed by atoms with E-state index in [1.165, 1.54) is 23.9 Å². The molecule has 0 saturated heterocycles. The number of nitrogens with one attached hydrogen (secondary N) is 3. The van der Waals surface area contributed by atoms with E-state index < -0.39 is 23.5 Å². The van der Waals surface area contributed by atoms with E-state index >= 15 is 0 Å². The van der Waals surface area contributed by atoms with Gasteiger partial charge in [0.2, 0.25) is 5.91 Å². The van der Waals surface area contributed by atoms with Crippen LogP contribution in [0.2, 0.25) is 5.02 Å². The van der Waals surface area contributed by atoms with Crippen LogP contribution in [0.1, 0.15) is 27.8 Å². The van der Waals surface area contributed by atoms with Gasteiger partial charge in [-0.3, -0.25) is 25.2 Å². The molecule has 0 saturated carbocycles. The lowest BCUT2D eigenvalue weighted by molar-refractivity contribution is -0.119. The number of aromatic nitrogens is 3. The molecular formula is C18H12Br2ClFN6O3. The number of amides is 3. The number of benzene rings is 1. The van der Waals surface area contributed by atoms with Gasteiger partial charge in [0.25, 0.3) is 11.8 Å². The first kappa shape index (κ1) is 22.8. The molecule has 31 heavy (non-hydrogen) atoms. The highest BCUT2D eigenvalue weighted by molar-refractivity contribution is 9.10. The molecule has 2 aromatic heterocycles. The highest BCUT2D eigenvalue weighted by Crippen LogP contribution is 2.29. The van der Waals surface area contributed by atoms with E-state index in [0.29, 0.717) is 4.60 Å². The van der Waals surface area contributed by atoms with Gasteiger partial charge in [-0.25, -0.2) is 14.1 Å². The lowest BCUT2D eigenvalue weighted by Crippen LogP contribution is -2.40. The minimum absolute atomic E-state index is 0.0229. The van der Waals surface area contributed by atoms with Gasteiger partial charge < -0.3 is 5.32 Å². The average molecular weight is 575 g/mol. The van der Waals surface area contributed by atoms with Gasteiger partial charge in [0.1, 0.15) is 16.1 Å². The van der Waals surface area contributed by atoms with E-state index in [1.54, 1.807) is 12.1 Å². The summed E-state index contributed by atoms with van der Waals surface area (Å²) in [6, 6.07) is 6.63. The number of hydrogen-bond donors (Lipinski definition) is 3. The fraction of sp³-hybridized carbons (Fsp3) is 0.0556. The summed E-state index contributed by atoms with van der Waals surface area (Å²) in [6.45, 7) is 1.19. The first-order valence-electron chi connectivity index (χ1n) is 8.41. The maximum atomic E-state index is 13.9. The Labute approximate surface area is 196 Å². The summed E-state index contributed by atoms with van der Waals surface area (Å²) < 4.78 is 15.6. The zero-order valence-electron chi connectivity index (χ0n) is 15.5. The Kier molecular flexibility index (Phi) is 7.03. The summed E-state index contributed by atoms with van der Waals surface area (Å²) >= 11 is 12.5. The Morgan fingerprint density at radius 2 is 1.87 bits per heavy atom. The number of hydrazine groups is 1. The molecule has 160 valence electrons. The van der Waals surface area contributed by atoms with Crippen molar-refractivity contribution in [3.8, 4) is 5.82 Å². The summed E-state index contributed by atoms with van der Waals surface area (Å²) in [4.78, 5) is 40.6. The fourth-order valence-corrected chi connectivity index (χ4v) is 3.59. The van der Waals surface area contributed by atoms with Gasteiger partial charge in [-0.15, -0.1) is 0 Å². The normalized spacial score (nSPS) is 10.5. The summed E-state index contributed by atoms with van der Waals surface area (Å²) in [6.07, 6.45) is 1.49. The third kappa shape index (κ3) is 5.27. The molecule has 1 aromatic carbocycles. The van der Waals surface area contributed by atoms with E-state index in [0.717, 1.165) is 12.1 Å². The van der Waals surface area contributed by atoms with E-state index in [-0.39, 0.29) is 32.3 Å². The zero-order valence-corrected chi connectivity index (χ0v) is 19.5. The third-order valence-electron chi connectivity index (χ3n) is 3.74. The molecule has 2 heterocycles. The van der Waals surface area contributed by atoms with Crippen LogP contribution in [-0.2, 0) is 4.79 Å². The van der Waals surface area contributed by atoms with Gasteiger partial charge in [0, 0.05) is 23.7 Å².